The van der Waals surface area contributed by atoms with Crippen LogP contribution in [0, 0.1) is 0 Å². The van der Waals surface area contributed by atoms with Crippen LogP contribution in [0.4, 0.5) is 4.79 Å². The quantitative estimate of drug-likeness (QED) is 0.842. The van der Waals surface area contributed by atoms with E-state index in [1.54, 1.807) is 4.90 Å². The second kappa shape index (κ2) is 6.51. The Labute approximate surface area is 144 Å². The third-order valence-corrected chi connectivity index (χ3v) is 4.55. The fraction of sp³-hybridized carbons (Fsp3) is 0.529. The van der Waals surface area contributed by atoms with Crippen LogP contribution in [0.15, 0.2) is 28.7 Å². The zero-order valence-corrected chi connectivity index (χ0v) is 15.2. The van der Waals surface area contributed by atoms with Gasteiger partial charge in [-0.25, -0.2) is 4.79 Å². The van der Waals surface area contributed by atoms with Crippen LogP contribution in [-0.4, -0.2) is 40.8 Å². The highest BCUT2D eigenvalue weighted by Gasteiger charge is 2.44. The van der Waals surface area contributed by atoms with Crippen LogP contribution in [0.25, 0.3) is 0 Å². The lowest BCUT2D eigenvalue weighted by Gasteiger charge is -2.39. The zero-order valence-electron chi connectivity index (χ0n) is 13.6. The molecule has 0 aliphatic carbocycles. The van der Waals surface area contributed by atoms with Gasteiger partial charge >= 0.3 is 12.1 Å². The van der Waals surface area contributed by atoms with Crippen molar-refractivity contribution >= 4 is 28.0 Å². The third kappa shape index (κ3) is 4.05. The second-order valence-electron chi connectivity index (χ2n) is 6.86. The number of benzene rings is 1. The number of hydrogen-bond acceptors (Lipinski definition) is 3. The fourth-order valence-corrected chi connectivity index (χ4v) is 3.21. The van der Waals surface area contributed by atoms with Gasteiger partial charge in [0.25, 0.3) is 0 Å². The fourth-order valence-electron chi connectivity index (χ4n) is 2.81. The van der Waals surface area contributed by atoms with Crippen LogP contribution in [0.1, 0.15) is 39.2 Å². The minimum Gasteiger partial charge on any atom is -0.481 e. The zero-order chi connectivity index (χ0) is 17.3. The topological polar surface area (TPSA) is 66.8 Å². The van der Waals surface area contributed by atoms with Crippen molar-refractivity contribution < 1.29 is 19.4 Å². The lowest BCUT2D eigenvalue weighted by molar-refractivity contribution is -0.146. The van der Waals surface area contributed by atoms with Gasteiger partial charge in [-0.15, -0.1) is 0 Å². The Balaban J connectivity index is 2.16. The molecule has 0 radical (unpaired) electrons. The molecule has 1 aliphatic rings. The Kier molecular flexibility index (Phi) is 5.04. The Bertz CT molecular complexity index is 601. The summed E-state index contributed by atoms with van der Waals surface area (Å²) in [5.41, 5.74) is -0.742. The minimum absolute atomic E-state index is 0.369. The van der Waals surface area contributed by atoms with Crippen LogP contribution < -0.4 is 0 Å². The molecule has 23 heavy (non-hydrogen) atoms. The number of carbonyl (C=O) groups excluding carboxylic acids is 1. The van der Waals surface area contributed by atoms with E-state index in [9.17, 15) is 14.7 Å². The molecule has 1 aromatic rings. The molecule has 0 unspecified atom stereocenters. The number of hydrogen-bond donors (Lipinski definition) is 1. The molecule has 1 saturated heterocycles. The monoisotopic (exact) mass is 383 g/mol. The van der Waals surface area contributed by atoms with E-state index in [0.29, 0.717) is 25.9 Å². The lowest BCUT2D eigenvalue weighted by Crippen LogP contribution is -2.50. The first-order chi connectivity index (χ1) is 10.6. The molecule has 0 atom stereocenters. The molecular formula is C17H22BrNO4. The van der Waals surface area contributed by atoms with Crippen LogP contribution in [0.5, 0.6) is 0 Å². The standard InChI is InChI=1S/C17H22BrNO4/c1-16(2,3)23-15(22)19-9-7-17(8-10-19,14(20)21)12-5-4-6-13(18)11-12/h4-6,11H,7-10H2,1-3H3,(H,20,21). The van der Waals surface area contributed by atoms with Crippen LogP contribution in [0.3, 0.4) is 0 Å². The summed E-state index contributed by atoms with van der Waals surface area (Å²) < 4.78 is 6.21. The molecule has 0 bridgehead atoms. The van der Waals surface area contributed by atoms with Crippen molar-refractivity contribution in [2.24, 2.45) is 0 Å². The lowest BCUT2D eigenvalue weighted by atomic mass is 9.73. The Morgan fingerprint density at radius 3 is 2.35 bits per heavy atom. The number of amides is 1. The van der Waals surface area contributed by atoms with Crippen LogP contribution in [0.2, 0.25) is 0 Å². The number of nitrogens with zero attached hydrogens (tertiary/aromatic N) is 1. The van der Waals surface area contributed by atoms with Gasteiger partial charge in [-0.05, 0) is 51.3 Å². The van der Waals surface area contributed by atoms with Gasteiger partial charge < -0.3 is 14.7 Å². The Morgan fingerprint density at radius 2 is 1.87 bits per heavy atom. The summed E-state index contributed by atoms with van der Waals surface area (Å²) in [6, 6.07) is 7.39. The summed E-state index contributed by atoms with van der Waals surface area (Å²) >= 11 is 3.39. The molecule has 1 aliphatic heterocycles. The van der Waals surface area contributed by atoms with Gasteiger partial charge in [0.1, 0.15) is 5.60 Å². The molecule has 5 nitrogen and oxygen atoms in total. The third-order valence-electron chi connectivity index (χ3n) is 4.06. The highest BCUT2D eigenvalue weighted by Crippen LogP contribution is 2.37. The summed E-state index contributed by atoms with van der Waals surface area (Å²) in [7, 11) is 0. The average Bonchev–Trinajstić information content (AvgIpc) is 2.45. The summed E-state index contributed by atoms with van der Waals surface area (Å²) in [4.78, 5) is 25.7. The van der Waals surface area contributed by atoms with E-state index in [1.165, 1.54) is 0 Å². The van der Waals surface area contributed by atoms with Crippen molar-refractivity contribution in [3.8, 4) is 0 Å². The molecule has 0 saturated carbocycles. The number of rotatable bonds is 2. The summed E-state index contributed by atoms with van der Waals surface area (Å²) in [5, 5.41) is 9.79. The van der Waals surface area contributed by atoms with Crippen molar-refractivity contribution in [3.63, 3.8) is 0 Å². The van der Waals surface area contributed by atoms with E-state index in [4.69, 9.17) is 4.74 Å². The normalized spacial score (nSPS) is 17.7. The maximum Gasteiger partial charge on any atom is 0.410 e. The summed E-state index contributed by atoms with van der Waals surface area (Å²) in [5.74, 6) is -0.848. The van der Waals surface area contributed by atoms with Crippen molar-refractivity contribution in [2.75, 3.05) is 13.1 Å². The Hall–Kier alpha value is -1.56. The van der Waals surface area contributed by atoms with Gasteiger partial charge in [0.2, 0.25) is 0 Å². The molecule has 0 spiro atoms. The number of aliphatic carboxylic acids is 1. The number of carboxylic acids is 1. The number of carbonyl (C=O) groups is 2. The summed E-state index contributed by atoms with van der Waals surface area (Å²) in [6.45, 7) is 6.19. The average molecular weight is 384 g/mol. The van der Waals surface area contributed by atoms with Gasteiger partial charge in [0.05, 0.1) is 5.41 Å². The molecule has 1 fully saturated rings. The molecule has 1 aromatic carbocycles. The SMILES string of the molecule is CC(C)(C)OC(=O)N1CCC(C(=O)O)(c2cccc(Br)c2)CC1. The maximum absolute atomic E-state index is 12.1. The van der Waals surface area contributed by atoms with E-state index in [0.717, 1.165) is 10.0 Å². The van der Waals surface area contributed by atoms with Crippen LogP contribution in [-0.2, 0) is 14.9 Å². The van der Waals surface area contributed by atoms with E-state index in [2.05, 4.69) is 15.9 Å². The first-order valence-electron chi connectivity index (χ1n) is 7.61. The van der Waals surface area contributed by atoms with Crippen molar-refractivity contribution in [1.82, 2.24) is 4.90 Å². The van der Waals surface area contributed by atoms with Gasteiger partial charge in [-0.2, -0.15) is 0 Å². The first kappa shape index (κ1) is 17.8. The second-order valence-corrected chi connectivity index (χ2v) is 7.78. The molecule has 2 rings (SSSR count). The number of halogens is 1. The van der Waals surface area contributed by atoms with E-state index >= 15 is 0 Å². The molecular weight excluding hydrogens is 362 g/mol. The number of carboxylic acid groups (broad SMARTS) is 1. The largest absolute Gasteiger partial charge is 0.481 e. The molecule has 1 N–H and O–H groups in total. The van der Waals surface area contributed by atoms with Gasteiger partial charge in [-0.1, -0.05) is 28.1 Å². The summed E-state index contributed by atoms with van der Waals surface area (Å²) in [6.07, 6.45) is 0.363. The predicted octanol–water partition coefficient (Wildman–Crippen LogP) is 3.80. The Morgan fingerprint density at radius 1 is 1.26 bits per heavy atom. The highest BCUT2D eigenvalue weighted by molar-refractivity contribution is 9.10. The van der Waals surface area contributed by atoms with Gasteiger partial charge in [0, 0.05) is 17.6 Å². The highest BCUT2D eigenvalue weighted by atomic mass is 79.9. The van der Waals surface area contributed by atoms with Crippen molar-refractivity contribution in [2.45, 2.75) is 44.6 Å². The number of ether oxygens (including phenoxy) is 1. The van der Waals surface area contributed by atoms with E-state index < -0.39 is 17.0 Å². The van der Waals surface area contributed by atoms with Crippen molar-refractivity contribution in [3.05, 3.63) is 34.3 Å². The molecule has 1 heterocycles. The van der Waals surface area contributed by atoms with Crippen LogP contribution >= 0.6 is 15.9 Å². The van der Waals surface area contributed by atoms with Gasteiger partial charge in [0.15, 0.2) is 0 Å². The van der Waals surface area contributed by atoms with E-state index in [1.807, 2.05) is 45.0 Å². The number of likely N-dealkylation sites (tertiary alicyclic amines) is 1. The number of piperidine rings is 1. The molecule has 126 valence electrons. The molecule has 1 amide bonds. The minimum atomic E-state index is -0.956. The predicted molar refractivity (Wildman–Crippen MR) is 90.5 cm³/mol. The van der Waals surface area contributed by atoms with E-state index in [-0.39, 0.29) is 6.09 Å². The van der Waals surface area contributed by atoms with Gasteiger partial charge in [-0.3, -0.25) is 4.79 Å². The molecule has 0 aromatic heterocycles. The molecule has 6 heteroatoms. The maximum atomic E-state index is 12.1. The smallest absolute Gasteiger partial charge is 0.410 e. The first-order valence-corrected chi connectivity index (χ1v) is 8.41. The van der Waals surface area contributed by atoms with Crippen molar-refractivity contribution in [1.29, 1.82) is 0 Å².